The number of nitrogens with one attached hydrogen (secondary N) is 1. The van der Waals surface area contributed by atoms with Gasteiger partial charge in [-0.3, -0.25) is 4.99 Å². The molecule has 1 aliphatic carbocycles. The molecule has 0 bridgehead atoms. The lowest BCUT2D eigenvalue weighted by atomic mass is 9.96. The fourth-order valence-electron chi connectivity index (χ4n) is 2.80. The first-order valence-corrected chi connectivity index (χ1v) is 6.49. The lowest BCUT2D eigenvalue weighted by molar-refractivity contribution is 0.0428. The van der Waals surface area contributed by atoms with E-state index in [2.05, 4.69) is 21.3 Å². The number of likely N-dealkylation sites (N-methyl/N-ethyl adjacent to an activating group) is 1. The highest BCUT2D eigenvalue weighted by Gasteiger charge is 2.36. The third-order valence-corrected chi connectivity index (χ3v) is 3.92. The van der Waals surface area contributed by atoms with E-state index >= 15 is 0 Å². The maximum absolute atomic E-state index is 10.8. The number of aliphatic hydroxyl groups is 1. The third kappa shape index (κ3) is 1.86. The molecule has 0 spiro atoms. The fraction of sp³-hybridized carbons (Fsp3) is 0.500. The van der Waals surface area contributed by atoms with Crippen LogP contribution < -0.4 is 5.32 Å². The van der Waals surface area contributed by atoms with E-state index in [1.807, 2.05) is 25.2 Å². The molecular weight excluding hydrogens is 226 g/mol. The van der Waals surface area contributed by atoms with Crippen LogP contribution in [0.3, 0.4) is 0 Å². The molecular formula is C14H19N3O. The number of guanidine groups is 1. The number of fused-ring (bicyclic) bond motifs is 1. The SMILES string of the molecule is CN1CCN=C1NCC1(O)CCc2ccccc21. The van der Waals surface area contributed by atoms with E-state index in [9.17, 15) is 5.11 Å². The van der Waals surface area contributed by atoms with Crippen LogP contribution in [0.2, 0.25) is 0 Å². The lowest BCUT2D eigenvalue weighted by Crippen LogP contribution is -2.43. The van der Waals surface area contributed by atoms with Crippen LogP contribution in [0.1, 0.15) is 17.5 Å². The molecule has 0 fully saturated rings. The second-order valence-corrected chi connectivity index (χ2v) is 5.17. The smallest absolute Gasteiger partial charge is 0.193 e. The summed E-state index contributed by atoms with van der Waals surface area (Å²) in [5.74, 6) is 0.896. The first kappa shape index (κ1) is 11.5. The molecule has 2 aliphatic rings. The summed E-state index contributed by atoms with van der Waals surface area (Å²) in [5.41, 5.74) is 1.59. The van der Waals surface area contributed by atoms with Gasteiger partial charge in [-0.1, -0.05) is 24.3 Å². The summed E-state index contributed by atoms with van der Waals surface area (Å²) >= 11 is 0. The number of aliphatic imine (C=N–C) groups is 1. The maximum atomic E-state index is 10.8. The highest BCUT2D eigenvalue weighted by atomic mass is 16.3. The maximum Gasteiger partial charge on any atom is 0.193 e. The van der Waals surface area contributed by atoms with Gasteiger partial charge >= 0.3 is 0 Å². The molecule has 0 saturated heterocycles. The van der Waals surface area contributed by atoms with Gasteiger partial charge in [0.2, 0.25) is 0 Å². The average Bonchev–Trinajstić information content (AvgIpc) is 2.93. The van der Waals surface area contributed by atoms with Crippen molar-refractivity contribution in [2.75, 3.05) is 26.7 Å². The average molecular weight is 245 g/mol. The van der Waals surface area contributed by atoms with Gasteiger partial charge in [-0.15, -0.1) is 0 Å². The van der Waals surface area contributed by atoms with Crippen LogP contribution in [0, 0.1) is 0 Å². The van der Waals surface area contributed by atoms with Crippen LogP contribution >= 0.6 is 0 Å². The van der Waals surface area contributed by atoms with Crippen molar-refractivity contribution in [2.24, 2.45) is 4.99 Å². The Morgan fingerprint density at radius 3 is 3.06 bits per heavy atom. The van der Waals surface area contributed by atoms with E-state index in [0.29, 0.717) is 6.54 Å². The zero-order valence-electron chi connectivity index (χ0n) is 10.7. The van der Waals surface area contributed by atoms with Crippen LogP contribution in [-0.2, 0) is 12.0 Å². The van der Waals surface area contributed by atoms with Crippen LogP contribution in [0.5, 0.6) is 0 Å². The van der Waals surface area contributed by atoms with Crippen LogP contribution in [0.25, 0.3) is 0 Å². The monoisotopic (exact) mass is 245 g/mol. The van der Waals surface area contributed by atoms with E-state index < -0.39 is 5.60 Å². The van der Waals surface area contributed by atoms with Crippen molar-refractivity contribution in [3.63, 3.8) is 0 Å². The summed E-state index contributed by atoms with van der Waals surface area (Å²) in [7, 11) is 2.02. The molecule has 0 radical (unpaired) electrons. The first-order chi connectivity index (χ1) is 8.69. The van der Waals surface area contributed by atoms with Crippen LogP contribution in [0.15, 0.2) is 29.3 Å². The molecule has 4 heteroatoms. The molecule has 1 unspecified atom stereocenters. The number of benzene rings is 1. The number of nitrogens with zero attached hydrogens (tertiary/aromatic N) is 2. The summed E-state index contributed by atoms with van der Waals surface area (Å²) in [6.45, 7) is 2.33. The fourth-order valence-corrected chi connectivity index (χ4v) is 2.80. The molecule has 96 valence electrons. The molecule has 1 aromatic carbocycles. The van der Waals surface area contributed by atoms with Gasteiger partial charge in [0.05, 0.1) is 13.1 Å². The molecule has 1 aromatic rings. The molecule has 1 atom stereocenters. The number of hydrogen-bond donors (Lipinski definition) is 2. The zero-order chi connectivity index (χ0) is 12.6. The Morgan fingerprint density at radius 2 is 2.28 bits per heavy atom. The van der Waals surface area contributed by atoms with E-state index in [0.717, 1.165) is 37.5 Å². The molecule has 0 aromatic heterocycles. The first-order valence-electron chi connectivity index (χ1n) is 6.49. The summed E-state index contributed by atoms with van der Waals surface area (Å²) in [5, 5.41) is 14.0. The van der Waals surface area contributed by atoms with Crippen molar-refractivity contribution in [1.29, 1.82) is 0 Å². The van der Waals surface area contributed by atoms with Crippen molar-refractivity contribution in [3.8, 4) is 0 Å². The van der Waals surface area contributed by atoms with Gasteiger partial charge in [0.15, 0.2) is 5.96 Å². The predicted octanol–water partition coefficient (Wildman–Crippen LogP) is 0.711. The van der Waals surface area contributed by atoms with Crippen LogP contribution in [-0.4, -0.2) is 42.6 Å². The van der Waals surface area contributed by atoms with Crippen LogP contribution in [0.4, 0.5) is 0 Å². The molecule has 3 rings (SSSR count). The van der Waals surface area contributed by atoms with E-state index in [-0.39, 0.29) is 0 Å². The summed E-state index contributed by atoms with van der Waals surface area (Å²) in [4.78, 5) is 6.47. The minimum Gasteiger partial charge on any atom is -0.383 e. The molecule has 0 saturated carbocycles. The Balaban J connectivity index is 1.73. The Bertz CT molecular complexity index is 486. The van der Waals surface area contributed by atoms with Crippen molar-refractivity contribution in [3.05, 3.63) is 35.4 Å². The molecule has 4 nitrogen and oxygen atoms in total. The highest BCUT2D eigenvalue weighted by molar-refractivity contribution is 5.81. The van der Waals surface area contributed by atoms with Gasteiger partial charge in [-0.2, -0.15) is 0 Å². The van der Waals surface area contributed by atoms with Crippen molar-refractivity contribution in [2.45, 2.75) is 18.4 Å². The Morgan fingerprint density at radius 1 is 1.44 bits per heavy atom. The normalized spacial score (nSPS) is 26.1. The minimum atomic E-state index is -0.747. The summed E-state index contributed by atoms with van der Waals surface area (Å²) in [6, 6.07) is 8.16. The quantitative estimate of drug-likeness (QED) is 0.807. The van der Waals surface area contributed by atoms with Crippen molar-refractivity contribution in [1.82, 2.24) is 10.2 Å². The second kappa shape index (κ2) is 4.28. The van der Waals surface area contributed by atoms with Gasteiger partial charge in [0, 0.05) is 13.6 Å². The van der Waals surface area contributed by atoms with Gasteiger partial charge in [0.1, 0.15) is 5.60 Å². The summed E-state index contributed by atoms with van der Waals surface area (Å²) < 4.78 is 0. The Kier molecular flexibility index (Phi) is 2.74. The standard InChI is InChI=1S/C14H19N3O/c1-17-9-8-15-13(17)16-10-14(18)7-6-11-4-2-3-5-12(11)14/h2-5,18H,6-10H2,1H3,(H,15,16). The Labute approximate surface area is 107 Å². The lowest BCUT2D eigenvalue weighted by Gasteiger charge is -2.26. The molecule has 0 amide bonds. The van der Waals surface area contributed by atoms with Gasteiger partial charge in [0.25, 0.3) is 0 Å². The Hall–Kier alpha value is -1.55. The van der Waals surface area contributed by atoms with E-state index in [1.54, 1.807) is 0 Å². The summed E-state index contributed by atoms with van der Waals surface area (Å²) in [6.07, 6.45) is 1.74. The highest BCUT2D eigenvalue weighted by Crippen LogP contribution is 2.36. The third-order valence-electron chi connectivity index (χ3n) is 3.92. The molecule has 18 heavy (non-hydrogen) atoms. The number of rotatable bonds is 2. The molecule has 1 aliphatic heterocycles. The van der Waals surface area contributed by atoms with E-state index in [1.165, 1.54) is 5.56 Å². The van der Waals surface area contributed by atoms with Crippen molar-refractivity contribution < 1.29 is 5.11 Å². The largest absolute Gasteiger partial charge is 0.383 e. The van der Waals surface area contributed by atoms with Gasteiger partial charge in [-0.25, -0.2) is 0 Å². The zero-order valence-corrected chi connectivity index (χ0v) is 10.7. The number of aryl methyl sites for hydroxylation is 1. The van der Waals surface area contributed by atoms with Gasteiger partial charge in [-0.05, 0) is 24.0 Å². The van der Waals surface area contributed by atoms with Crippen molar-refractivity contribution >= 4 is 5.96 Å². The molecule has 2 N–H and O–H groups in total. The predicted molar refractivity (Wildman–Crippen MR) is 71.6 cm³/mol. The molecule has 1 heterocycles. The van der Waals surface area contributed by atoms with Gasteiger partial charge < -0.3 is 15.3 Å². The minimum absolute atomic E-state index is 0.535. The second-order valence-electron chi connectivity index (χ2n) is 5.17. The number of hydrogen-bond acceptors (Lipinski definition) is 4. The topological polar surface area (TPSA) is 47.9 Å². The van der Waals surface area contributed by atoms with E-state index in [4.69, 9.17) is 0 Å².